The number of nitrogens with one attached hydrogen (secondary N) is 1. The zero-order valence-corrected chi connectivity index (χ0v) is 15.7. The lowest BCUT2D eigenvalue weighted by Gasteiger charge is -2.30. The van der Waals surface area contributed by atoms with Gasteiger partial charge in [-0.25, -0.2) is 21.2 Å². The fourth-order valence-electron chi connectivity index (χ4n) is 3.40. The van der Waals surface area contributed by atoms with E-state index in [4.69, 9.17) is 11.6 Å². The van der Waals surface area contributed by atoms with E-state index < -0.39 is 26.6 Å². The fraction of sp³-hybridized carbons (Fsp3) is 0.222. The van der Waals surface area contributed by atoms with Crippen LogP contribution in [0.5, 0.6) is 0 Å². The fourth-order valence-corrected chi connectivity index (χ4v) is 5.15. The van der Waals surface area contributed by atoms with E-state index in [0.717, 1.165) is 54.0 Å². The van der Waals surface area contributed by atoms with E-state index in [2.05, 4.69) is 10.2 Å². The topological polar surface area (TPSA) is 54.3 Å². The van der Waals surface area contributed by atoms with E-state index in [1.165, 1.54) is 6.20 Å². The van der Waals surface area contributed by atoms with Gasteiger partial charge in [0.1, 0.15) is 11.6 Å². The molecule has 0 amide bonds. The monoisotopic (exact) mass is 411 g/mol. The molecule has 142 valence electrons. The maximum Gasteiger partial charge on any atom is 0.274 e. The maximum absolute atomic E-state index is 14.1. The molecule has 0 bridgehead atoms. The molecule has 5 nitrogen and oxygen atoms in total. The van der Waals surface area contributed by atoms with Crippen molar-refractivity contribution in [2.45, 2.75) is 4.90 Å². The van der Waals surface area contributed by atoms with Gasteiger partial charge in [-0.15, -0.1) is 0 Å². The average Bonchev–Trinajstić information content (AvgIpc) is 3.07. The van der Waals surface area contributed by atoms with Crippen LogP contribution in [0, 0.1) is 11.6 Å². The summed E-state index contributed by atoms with van der Waals surface area (Å²) >= 11 is 6.39. The summed E-state index contributed by atoms with van der Waals surface area (Å²) < 4.78 is 55.0. The molecule has 9 heteroatoms. The van der Waals surface area contributed by atoms with Crippen LogP contribution in [0.15, 0.2) is 47.5 Å². The Labute approximate surface area is 160 Å². The van der Waals surface area contributed by atoms with Crippen molar-refractivity contribution < 1.29 is 17.2 Å². The maximum atomic E-state index is 14.1. The molecule has 1 fully saturated rings. The highest BCUT2D eigenvalue weighted by Gasteiger charge is 2.28. The Bertz CT molecular complexity index is 1100. The van der Waals surface area contributed by atoms with Crippen molar-refractivity contribution in [1.29, 1.82) is 0 Å². The summed E-state index contributed by atoms with van der Waals surface area (Å²) in [6.07, 6.45) is 1.30. The first-order valence-electron chi connectivity index (χ1n) is 8.36. The predicted molar refractivity (Wildman–Crippen MR) is 101 cm³/mol. The number of aromatic nitrogens is 1. The Morgan fingerprint density at radius 2 is 1.67 bits per heavy atom. The molecule has 3 aromatic rings. The van der Waals surface area contributed by atoms with E-state index in [1.54, 1.807) is 18.2 Å². The zero-order chi connectivity index (χ0) is 19.2. The van der Waals surface area contributed by atoms with Crippen LogP contribution < -0.4 is 10.2 Å². The Balaban J connectivity index is 1.92. The molecule has 2 aromatic carbocycles. The molecular formula is C18H16ClF2N3O2S. The summed E-state index contributed by atoms with van der Waals surface area (Å²) in [6, 6.07) is 7.72. The van der Waals surface area contributed by atoms with Gasteiger partial charge >= 0.3 is 0 Å². The summed E-state index contributed by atoms with van der Waals surface area (Å²) in [4.78, 5) is 1.10. The van der Waals surface area contributed by atoms with Crippen LogP contribution in [-0.2, 0) is 10.0 Å². The molecule has 0 aliphatic carbocycles. The van der Waals surface area contributed by atoms with Gasteiger partial charge in [0.25, 0.3) is 10.0 Å². The summed E-state index contributed by atoms with van der Waals surface area (Å²) in [5.74, 6) is -2.26. The molecule has 0 spiro atoms. The second-order valence-electron chi connectivity index (χ2n) is 6.23. The first kappa shape index (κ1) is 18.2. The highest BCUT2D eigenvalue weighted by molar-refractivity contribution is 7.90. The van der Waals surface area contributed by atoms with Gasteiger partial charge in [0.05, 0.1) is 16.2 Å². The normalized spacial score (nSPS) is 15.4. The van der Waals surface area contributed by atoms with E-state index in [1.807, 2.05) is 0 Å². The molecule has 2 heterocycles. The Morgan fingerprint density at radius 3 is 2.33 bits per heavy atom. The number of fused-ring (bicyclic) bond motifs is 1. The third-order valence-corrected chi connectivity index (χ3v) is 6.68. The molecule has 27 heavy (non-hydrogen) atoms. The first-order chi connectivity index (χ1) is 12.9. The SMILES string of the molecule is O=S(=O)(c1c(F)cccc1F)n1ccc2c(N3CCNCC3)c(Cl)ccc21. The summed E-state index contributed by atoms with van der Waals surface area (Å²) in [7, 11) is -4.45. The second-order valence-corrected chi connectivity index (χ2v) is 8.39. The third-order valence-electron chi connectivity index (χ3n) is 4.63. The Morgan fingerprint density at radius 1 is 1.00 bits per heavy atom. The highest BCUT2D eigenvalue weighted by Crippen LogP contribution is 2.36. The minimum absolute atomic E-state index is 0.315. The van der Waals surface area contributed by atoms with Gasteiger partial charge in [-0.1, -0.05) is 17.7 Å². The lowest BCUT2D eigenvalue weighted by atomic mass is 10.2. The lowest BCUT2D eigenvalue weighted by molar-refractivity contribution is 0.516. The van der Waals surface area contributed by atoms with Crippen LogP contribution >= 0.6 is 11.6 Å². The van der Waals surface area contributed by atoms with Crippen molar-refractivity contribution in [2.75, 3.05) is 31.1 Å². The summed E-state index contributed by atoms with van der Waals surface area (Å²) in [5.41, 5.74) is 1.04. The molecule has 1 aliphatic heterocycles. The molecule has 1 saturated heterocycles. The van der Waals surface area contributed by atoms with Gasteiger partial charge in [-0.3, -0.25) is 0 Å². The zero-order valence-electron chi connectivity index (χ0n) is 14.1. The highest BCUT2D eigenvalue weighted by atomic mass is 35.5. The van der Waals surface area contributed by atoms with E-state index in [-0.39, 0.29) is 0 Å². The van der Waals surface area contributed by atoms with Gasteiger partial charge in [-0.05, 0) is 30.3 Å². The lowest BCUT2D eigenvalue weighted by Crippen LogP contribution is -2.43. The van der Waals surface area contributed by atoms with Crippen LogP contribution in [0.2, 0.25) is 5.02 Å². The van der Waals surface area contributed by atoms with Crippen LogP contribution in [0.1, 0.15) is 0 Å². The van der Waals surface area contributed by atoms with Gasteiger partial charge in [0.15, 0.2) is 4.90 Å². The molecule has 1 aromatic heterocycles. The molecule has 1 N–H and O–H groups in total. The Kier molecular flexibility index (Phi) is 4.57. The molecule has 1 aliphatic rings. The van der Waals surface area contributed by atoms with Gasteiger partial charge in [0, 0.05) is 37.8 Å². The summed E-state index contributed by atoms with van der Waals surface area (Å²) in [6.45, 7) is 3.01. The molecule has 4 rings (SSSR count). The molecule has 0 unspecified atom stereocenters. The van der Waals surface area contributed by atoms with Crippen molar-refractivity contribution in [3.63, 3.8) is 0 Å². The number of anilines is 1. The largest absolute Gasteiger partial charge is 0.367 e. The standard InChI is InChI=1S/C18H16ClF2N3O2S/c19-13-4-5-16-12(17(13)23-10-7-22-8-11-23)6-9-24(16)27(25,26)18-14(20)2-1-3-15(18)21/h1-6,9,22H,7-8,10-11H2. The van der Waals surface area contributed by atoms with Crippen molar-refractivity contribution in [3.05, 3.63) is 59.3 Å². The van der Waals surface area contributed by atoms with E-state index in [0.29, 0.717) is 15.9 Å². The third kappa shape index (κ3) is 2.97. The minimum atomic E-state index is -4.45. The summed E-state index contributed by atoms with van der Waals surface area (Å²) in [5, 5.41) is 4.36. The number of hydrogen-bond acceptors (Lipinski definition) is 4. The minimum Gasteiger partial charge on any atom is -0.367 e. The second kappa shape index (κ2) is 6.78. The molecule has 0 radical (unpaired) electrons. The van der Waals surface area contributed by atoms with Gasteiger partial charge < -0.3 is 10.2 Å². The van der Waals surface area contributed by atoms with Crippen LogP contribution in [0.3, 0.4) is 0 Å². The predicted octanol–water partition coefficient (Wildman–Crippen LogP) is 3.22. The van der Waals surface area contributed by atoms with Crippen molar-refractivity contribution in [1.82, 2.24) is 9.29 Å². The van der Waals surface area contributed by atoms with Crippen molar-refractivity contribution in [2.24, 2.45) is 0 Å². The van der Waals surface area contributed by atoms with E-state index >= 15 is 0 Å². The number of benzene rings is 2. The number of halogens is 3. The molecule has 0 saturated carbocycles. The van der Waals surface area contributed by atoms with Gasteiger partial charge in [0.2, 0.25) is 0 Å². The van der Waals surface area contributed by atoms with Gasteiger partial charge in [-0.2, -0.15) is 0 Å². The van der Waals surface area contributed by atoms with E-state index in [9.17, 15) is 17.2 Å². The molecular weight excluding hydrogens is 396 g/mol. The van der Waals surface area contributed by atoms with Crippen LogP contribution in [0.4, 0.5) is 14.5 Å². The smallest absolute Gasteiger partial charge is 0.274 e. The number of nitrogens with zero attached hydrogens (tertiary/aromatic N) is 2. The van der Waals surface area contributed by atoms with Crippen LogP contribution in [-0.4, -0.2) is 38.6 Å². The van der Waals surface area contributed by atoms with Crippen LogP contribution in [0.25, 0.3) is 10.9 Å². The number of piperazine rings is 1. The van der Waals surface area contributed by atoms with Crippen molar-refractivity contribution in [3.8, 4) is 0 Å². The molecule has 0 atom stereocenters. The average molecular weight is 412 g/mol. The number of hydrogen-bond donors (Lipinski definition) is 1. The first-order valence-corrected chi connectivity index (χ1v) is 10.2. The Hall–Kier alpha value is -2.16. The van der Waals surface area contributed by atoms with Crippen molar-refractivity contribution >= 4 is 38.2 Å². The quantitative estimate of drug-likeness (QED) is 0.719. The number of rotatable bonds is 3.